The Morgan fingerprint density at radius 3 is 2.16 bits per heavy atom. The van der Waals surface area contributed by atoms with Crippen LogP contribution in [0.5, 0.6) is 5.88 Å². The highest BCUT2D eigenvalue weighted by molar-refractivity contribution is 6.74. The lowest BCUT2D eigenvalue weighted by atomic mass is 9.64. The molecule has 1 heterocycles. The molecule has 3 aromatic rings. The summed E-state index contributed by atoms with van der Waals surface area (Å²) in [5.41, 5.74) is -0.340. The van der Waals surface area contributed by atoms with E-state index in [1.165, 1.54) is 12.2 Å². The number of nitrogens with zero attached hydrogens (tertiary/aromatic N) is 2. The van der Waals surface area contributed by atoms with Crippen molar-refractivity contribution in [3.63, 3.8) is 0 Å². The van der Waals surface area contributed by atoms with E-state index in [1.54, 1.807) is 14.1 Å². The molecule has 5 rings (SSSR count). The second-order valence-corrected chi connectivity index (χ2v) is 17.9. The number of aromatic nitrogens is 1. The fourth-order valence-electron chi connectivity index (χ4n) is 5.61. The predicted octanol–water partition coefficient (Wildman–Crippen LogP) is 6.29. The molecule has 2 aliphatic carbocycles. The summed E-state index contributed by atoms with van der Waals surface area (Å²) in [6, 6.07) is 17.9. The first-order valence-electron chi connectivity index (χ1n) is 14.9. The van der Waals surface area contributed by atoms with E-state index in [2.05, 4.69) is 5.16 Å². The molecule has 0 spiro atoms. The minimum Gasteiger partial charge on any atom is -0.470 e. The van der Waals surface area contributed by atoms with E-state index in [4.69, 9.17) is 23.2 Å². The largest absolute Gasteiger partial charge is 0.509 e. The Morgan fingerprint density at radius 2 is 1.58 bits per heavy atom. The van der Waals surface area contributed by atoms with Crippen molar-refractivity contribution >= 4 is 26.0 Å². The van der Waals surface area contributed by atoms with Gasteiger partial charge in [0.15, 0.2) is 25.5 Å². The smallest absolute Gasteiger partial charge is 0.470 e. The Balaban J connectivity index is 1.58. The molecule has 0 fully saturated rings. The summed E-state index contributed by atoms with van der Waals surface area (Å²) in [5.74, 6) is -1.99. The number of hydrogen-bond acceptors (Lipinski definition) is 10. The van der Waals surface area contributed by atoms with Crippen LogP contribution < -0.4 is 4.74 Å². The van der Waals surface area contributed by atoms with Gasteiger partial charge in [-0.05, 0) is 60.7 Å². The molecule has 11 heteroatoms. The normalized spacial score (nSPS) is 23.0. The van der Waals surface area contributed by atoms with Gasteiger partial charge in [0.05, 0.1) is 12.0 Å². The number of carbonyl (C=O) groups is 3. The number of carbonyl (C=O) groups excluding carboxylic acids is 3. The van der Waals surface area contributed by atoms with E-state index in [9.17, 15) is 14.4 Å². The van der Waals surface area contributed by atoms with Crippen LogP contribution in [0.1, 0.15) is 54.1 Å². The number of hydrogen-bond donors (Lipinski definition) is 0. The van der Waals surface area contributed by atoms with Gasteiger partial charge < -0.3 is 23.2 Å². The van der Waals surface area contributed by atoms with Crippen molar-refractivity contribution in [3.8, 4) is 5.88 Å². The number of benzene rings is 2. The van der Waals surface area contributed by atoms with Crippen LogP contribution in [0.15, 0.2) is 77.3 Å². The summed E-state index contributed by atoms with van der Waals surface area (Å²) in [6.45, 7) is 10.2. The molecule has 0 radical (unpaired) electrons. The van der Waals surface area contributed by atoms with E-state index in [0.29, 0.717) is 0 Å². The summed E-state index contributed by atoms with van der Waals surface area (Å²) in [4.78, 5) is 43.9. The van der Waals surface area contributed by atoms with Crippen LogP contribution in [0.3, 0.4) is 0 Å². The fraction of sp³-hybridized carbons (Fsp3) is 0.412. The van der Waals surface area contributed by atoms with Crippen molar-refractivity contribution in [1.29, 1.82) is 0 Å². The molecule has 0 unspecified atom stereocenters. The zero-order chi connectivity index (χ0) is 32.6. The van der Waals surface area contributed by atoms with Crippen LogP contribution in [0, 0.1) is 5.92 Å². The molecule has 4 atom stereocenters. The third-order valence-corrected chi connectivity index (χ3v) is 13.4. The maximum absolute atomic E-state index is 14.9. The van der Waals surface area contributed by atoms with E-state index in [0.717, 1.165) is 11.1 Å². The molecule has 0 aliphatic heterocycles. The number of ketones is 2. The molecule has 0 saturated carbocycles. The highest BCUT2D eigenvalue weighted by Crippen LogP contribution is 2.54. The van der Waals surface area contributed by atoms with Crippen LogP contribution in [0.25, 0.3) is 0 Å². The van der Waals surface area contributed by atoms with Crippen molar-refractivity contribution < 1.29 is 37.5 Å². The van der Waals surface area contributed by atoms with Crippen molar-refractivity contribution in [1.82, 2.24) is 10.1 Å². The van der Waals surface area contributed by atoms with Crippen molar-refractivity contribution in [2.24, 2.45) is 5.92 Å². The minimum atomic E-state index is -2.83. The van der Waals surface area contributed by atoms with Crippen molar-refractivity contribution in [2.75, 3.05) is 14.1 Å². The lowest BCUT2D eigenvalue weighted by Gasteiger charge is -2.53. The molecular formula is C34H40N2O8Si. The molecule has 0 bridgehead atoms. The number of fused-ring (bicyclic) bond motifs is 2. The van der Waals surface area contributed by atoms with Gasteiger partial charge in [-0.2, -0.15) is 0 Å². The van der Waals surface area contributed by atoms with Gasteiger partial charge in [-0.25, -0.2) is 4.79 Å². The van der Waals surface area contributed by atoms with Crippen LogP contribution in [0.4, 0.5) is 4.79 Å². The zero-order valence-electron chi connectivity index (χ0n) is 26.7. The van der Waals surface area contributed by atoms with Gasteiger partial charge in [0.1, 0.15) is 24.9 Å². The Bertz CT molecular complexity index is 1580. The van der Waals surface area contributed by atoms with Crippen LogP contribution >= 0.6 is 0 Å². The first kappa shape index (κ1) is 32.3. The van der Waals surface area contributed by atoms with Gasteiger partial charge in [0, 0.05) is 0 Å². The summed E-state index contributed by atoms with van der Waals surface area (Å²) in [5, 5.41) is 3.78. The molecule has 0 N–H and O–H groups in total. The molecule has 0 amide bonds. The van der Waals surface area contributed by atoms with E-state index < -0.39 is 49.7 Å². The zero-order valence-corrected chi connectivity index (χ0v) is 27.7. The monoisotopic (exact) mass is 632 g/mol. The van der Waals surface area contributed by atoms with Crippen molar-refractivity contribution in [2.45, 2.75) is 69.9 Å². The average molecular weight is 633 g/mol. The van der Waals surface area contributed by atoms with Gasteiger partial charge in [0.2, 0.25) is 5.78 Å². The molecule has 10 nitrogen and oxygen atoms in total. The SMILES string of the molecule is CN(C)[C@@H]1c2onc(OCc3ccccc3)c2C(=O)[C@@]2(O[Si](C)(C)C(C)(C)C)C(=O)C=C[C@H](OC(=O)OCc3ccccc3)[C@@H]12. The highest BCUT2D eigenvalue weighted by Gasteiger charge is 2.68. The molecule has 2 aromatic carbocycles. The Morgan fingerprint density at radius 1 is 0.978 bits per heavy atom. The van der Waals surface area contributed by atoms with Crippen LogP contribution in [-0.2, 0) is 31.9 Å². The van der Waals surface area contributed by atoms with E-state index in [1.807, 2.05) is 99.4 Å². The van der Waals surface area contributed by atoms with Crippen LogP contribution in [-0.4, -0.2) is 61.9 Å². The van der Waals surface area contributed by atoms with Crippen LogP contribution in [0.2, 0.25) is 18.1 Å². The summed E-state index contributed by atoms with van der Waals surface area (Å²) < 4.78 is 30.1. The highest BCUT2D eigenvalue weighted by atomic mass is 28.4. The topological polar surface area (TPSA) is 117 Å². The van der Waals surface area contributed by atoms with Gasteiger partial charge in [-0.3, -0.25) is 14.5 Å². The third-order valence-electron chi connectivity index (χ3n) is 8.92. The first-order chi connectivity index (χ1) is 21.3. The Hall–Kier alpha value is -4.06. The van der Waals surface area contributed by atoms with Gasteiger partial charge >= 0.3 is 6.16 Å². The fourth-order valence-corrected chi connectivity index (χ4v) is 7.05. The molecule has 2 aliphatic rings. The minimum absolute atomic E-state index is 0.00424. The second kappa shape index (κ2) is 12.4. The van der Waals surface area contributed by atoms with E-state index in [-0.39, 0.29) is 35.5 Å². The second-order valence-electron chi connectivity index (χ2n) is 13.2. The quantitative estimate of drug-likeness (QED) is 0.151. The van der Waals surface area contributed by atoms with E-state index >= 15 is 0 Å². The van der Waals surface area contributed by atoms with Gasteiger partial charge in [-0.1, -0.05) is 81.4 Å². The lowest BCUT2D eigenvalue weighted by Crippen LogP contribution is -2.68. The molecular weight excluding hydrogens is 592 g/mol. The molecule has 1 aromatic heterocycles. The van der Waals surface area contributed by atoms with Crippen molar-refractivity contribution in [3.05, 3.63) is 95.3 Å². The number of rotatable bonds is 9. The van der Waals surface area contributed by atoms with Gasteiger partial charge in [0.25, 0.3) is 5.88 Å². The summed E-state index contributed by atoms with van der Waals surface area (Å²) in [6.07, 6.45) is 0.748. The molecule has 0 saturated heterocycles. The Kier molecular flexibility index (Phi) is 8.89. The Labute approximate surface area is 264 Å². The average Bonchev–Trinajstić information content (AvgIpc) is 3.41. The predicted molar refractivity (Wildman–Crippen MR) is 168 cm³/mol. The number of ether oxygens (including phenoxy) is 3. The first-order valence-corrected chi connectivity index (χ1v) is 17.8. The molecule has 238 valence electrons. The molecule has 45 heavy (non-hydrogen) atoms. The standard InChI is InChI=1S/C34H40N2O8Si/c1-33(2,3)45(6,7)44-34-25(37)19-18-24(42-32(39)41-21-23-16-12-9-13-17-23)27(34)28(36(4)5)29-26(30(34)38)31(35-43-29)40-20-22-14-10-8-11-15-22/h8-19,24,27-28H,20-21H2,1-7H3/t24-,27-,28-,34+/m0/s1. The third kappa shape index (κ3) is 6.12. The maximum atomic E-state index is 14.9. The summed E-state index contributed by atoms with van der Waals surface area (Å²) >= 11 is 0. The maximum Gasteiger partial charge on any atom is 0.509 e. The van der Waals surface area contributed by atoms with Gasteiger partial charge in [-0.15, -0.1) is 0 Å². The lowest BCUT2D eigenvalue weighted by molar-refractivity contribution is -0.142. The number of Topliss-reactive ketones (excluding diaryl/α,β-unsaturated/α-hetero) is 1. The summed E-state index contributed by atoms with van der Waals surface area (Å²) in [7, 11) is 0.754.